The Hall–Kier alpha value is -4.15. The van der Waals surface area contributed by atoms with Gasteiger partial charge in [0, 0.05) is 11.3 Å². The molecule has 0 saturated carbocycles. The van der Waals surface area contributed by atoms with E-state index < -0.39 is 17.7 Å². The van der Waals surface area contributed by atoms with E-state index in [2.05, 4.69) is 10.2 Å². The number of methoxy groups -OCH3 is 1. The van der Waals surface area contributed by atoms with Gasteiger partial charge in [0.2, 0.25) is 5.13 Å². The number of nitrogens with zero attached hydrogens (tertiary/aromatic N) is 3. The molecule has 8 nitrogen and oxygen atoms in total. The van der Waals surface area contributed by atoms with Gasteiger partial charge in [0.05, 0.1) is 25.3 Å². The Balaban J connectivity index is 1.61. The minimum Gasteiger partial charge on any atom is -0.507 e. The molecule has 0 aliphatic carbocycles. The van der Waals surface area contributed by atoms with E-state index in [1.807, 2.05) is 63.2 Å². The molecule has 3 aromatic carbocycles. The van der Waals surface area contributed by atoms with Gasteiger partial charge in [-0.3, -0.25) is 14.5 Å². The highest BCUT2D eigenvalue weighted by Gasteiger charge is 2.48. The summed E-state index contributed by atoms with van der Waals surface area (Å²) in [4.78, 5) is 28.5. The number of carbonyl (C=O) groups excluding carboxylic acids is 2. The van der Waals surface area contributed by atoms with Crippen LogP contribution >= 0.6 is 23.1 Å². The van der Waals surface area contributed by atoms with Gasteiger partial charge in [-0.15, -0.1) is 10.2 Å². The molecule has 1 fully saturated rings. The molecule has 0 radical (unpaired) electrons. The maximum Gasteiger partial charge on any atom is 0.301 e. The Morgan fingerprint density at radius 2 is 1.80 bits per heavy atom. The zero-order valence-corrected chi connectivity index (χ0v) is 24.7. The molecule has 1 amide bonds. The molecule has 1 saturated heterocycles. The maximum atomic E-state index is 13.6. The second kappa shape index (κ2) is 12.2. The van der Waals surface area contributed by atoms with E-state index in [0.29, 0.717) is 39.3 Å². The molecule has 10 heteroatoms. The average molecular weight is 588 g/mol. The quantitative estimate of drug-likeness (QED) is 0.0781. The summed E-state index contributed by atoms with van der Waals surface area (Å²) in [6.07, 6.45) is 0. The topological polar surface area (TPSA) is 102 Å². The van der Waals surface area contributed by atoms with E-state index in [4.69, 9.17) is 9.47 Å². The number of rotatable bonds is 9. The number of amides is 1. The predicted molar refractivity (Wildman–Crippen MR) is 161 cm³/mol. The molecule has 1 unspecified atom stereocenters. The number of ether oxygens (including phenoxy) is 2. The van der Waals surface area contributed by atoms with Gasteiger partial charge in [0.15, 0.2) is 15.8 Å². The van der Waals surface area contributed by atoms with Crippen LogP contribution in [0, 0.1) is 13.8 Å². The van der Waals surface area contributed by atoms with E-state index >= 15 is 0 Å². The molecule has 1 N–H and O–H groups in total. The summed E-state index contributed by atoms with van der Waals surface area (Å²) >= 11 is 2.72. The van der Waals surface area contributed by atoms with Crippen LogP contribution in [-0.4, -0.2) is 40.7 Å². The molecule has 0 spiro atoms. The smallest absolute Gasteiger partial charge is 0.301 e. The summed E-state index contributed by atoms with van der Waals surface area (Å²) in [6.45, 7) is 6.06. The largest absolute Gasteiger partial charge is 0.507 e. The molecule has 210 valence electrons. The van der Waals surface area contributed by atoms with Gasteiger partial charge in [-0.2, -0.15) is 0 Å². The van der Waals surface area contributed by atoms with Crippen LogP contribution in [0.5, 0.6) is 11.5 Å². The minimum absolute atomic E-state index is 0.0244. The first-order valence-electron chi connectivity index (χ1n) is 13.0. The first-order valence-corrected chi connectivity index (χ1v) is 14.8. The van der Waals surface area contributed by atoms with E-state index in [1.54, 1.807) is 24.3 Å². The first kappa shape index (κ1) is 28.4. The van der Waals surface area contributed by atoms with Gasteiger partial charge in [-0.25, -0.2) is 0 Å². The van der Waals surface area contributed by atoms with Crippen molar-refractivity contribution in [2.24, 2.45) is 0 Å². The van der Waals surface area contributed by atoms with E-state index in [9.17, 15) is 14.7 Å². The summed E-state index contributed by atoms with van der Waals surface area (Å²) < 4.78 is 11.9. The van der Waals surface area contributed by atoms with Crippen LogP contribution in [0.1, 0.15) is 40.8 Å². The summed E-state index contributed by atoms with van der Waals surface area (Å²) in [5.74, 6) is -0.173. The lowest BCUT2D eigenvalue weighted by Gasteiger charge is -2.23. The normalized spacial score (nSPS) is 16.3. The van der Waals surface area contributed by atoms with Crippen LogP contribution in [0.2, 0.25) is 0 Å². The van der Waals surface area contributed by atoms with Gasteiger partial charge in [0.25, 0.3) is 5.78 Å². The fourth-order valence-corrected chi connectivity index (χ4v) is 6.51. The highest BCUT2D eigenvalue weighted by atomic mass is 32.2. The second-order valence-corrected chi connectivity index (χ2v) is 11.6. The maximum absolute atomic E-state index is 13.6. The Kier molecular flexibility index (Phi) is 8.41. The Labute approximate surface area is 246 Å². The molecule has 5 rings (SSSR count). The van der Waals surface area contributed by atoms with Crippen LogP contribution in [0.3, 0.4) is 0 Å². The van der Waals surface area contributed by atoms with Gasteiger partial charge in [0.1, 0.15) is 5.76 Å². The summed E-state index contributed by atoms with van der Waals surface area (Å²) in [7, 11) is 1.52. The number of hydrogen-bond donors (Lipinski definition) is 1. The van der Waals surface area contributed by atoms with Crippen LogP contribution in [0.4, 0.5) is 5.13 Å². The molecule has 1 aliphatic rings. The fourth-order valence-electron chi connectivity index (χ4n) is 4.69. The number of hydrogen-bond acceptors (Lipinski definition) is 9. The van der Waals surface area contributed by atoms with Crippen molar-refractivity contribution in [2.75, 3.05) is 18.6 Å². The highest BCUT2D eigenvalue weighted by molar-refractivity contribution is 8.00. The van der Waals surface area contributed by atoms with Gasteiger partial charge >= 0.3 is 5.91 Å². The number of thioether (sulfide) groups is 1. The third-order valence-electron chi connectivity index (χ3n) is 6.70. The lowest BCUT2D eigenvalue weighted by molar-refractivity contribution is -0.132. The summed E-state index contributed by atoms with van der Waals surface area (Å²) in [6, 6.07) is 19.8. The van der Waals surface area contributed by atoms with Crippen molar-refractivity contribution in [1.82, 2.24) is 10.2 Å². The number of ketones is 1. The lowest BCUT2D eigenvalue weighted by Crippen LogP contribution is -2.29. The number of aromatic nitrogens is 2. The van der Waals surface area contributed by atoms with Crippen molar-refractivity contribution in [2.45, 2.75) is 36.9 Å². The molecule has 41 heavy (non-hydrogen) atoms. The monoisotopic (exact) mass is 587 g/mol. The zero-order valence-electron chi connectivity index (χ0n) is 23.1. The average Bonchev–Trinajstić information content (AvgIpc) is 3.55. The summed E-state index contributed by atoms with van der Waals surface area (Å²) in [5.41, 5.74) is 3.84. The molecule has 2 heterocycles. The predicted octanol–water partition coefficient (Wildman–Crippen LogP) is 6.48. The van der Waals surface area contributed by atoms with E-state index in [-0.39, 0.29) is 16.5 Å². The van der Waals surface area contributed by atoms with Crippen LogP contribution < -0.4 is 14.4 Å². The number of aliphatic hydroxyl groups is 1. The molecular weight excluding hydrogens is 558 g/mol. The van der Waals surface area contributed by atoms with Crippen molar-refractivity contribution in [3.8, 4) is 11.5 Å². The Morgan fingerprint density at radius 3 is 2.54 bits per heavy atom. The molecule has 4 aromatic rings. The highest BCUT2D eigenvalue weighted by Crippen LogP contribution is 2.46. The molecule has 1 aromatic heterocycles. The number of Topliss-reactive ketones (excluding diaryl/α,β-unsaturated/α-hetero) is 1. The Bertz CT molecular complexity index is 1630. The molecule has 1 aliphatic heterocycles. The molecule has 0 bridgehead atoms. The Morgan fingerprint density at radius 1 is 1.02 bits per heavy atom. The molecule has 1 atom stereocenters. The lowest BCUT2D eigenvalue weighted by atomic mass is 9.93. The van der Waals surface area contributed by atoms with Crippen molar-refractivity contribution < 1.29 is 24.2 Å². The van der Waals surface area contributed by atoms with Gasteiger partial charge in [-0.1, -0.05) is 77.2 Å². The zero-order chi connectivity index (χ0) is 29.1. The fraction of sp³-hybridized carbons (Fsp3) is 0.226. The number of carbonyl (C=O) groups is 2. The van der Waals surface area contributed by atoms with Crippen molar-refractivity contribution >= 4 is 45.7 Å². The third-order valence-corrected chi connectivity index (χ3v) is 8.83. The summed E-state index contributed by atoms with van der Waals surface area (Å²) in [5, 5.41) is 20.4. The van der Waals surface area contributed by atoms with Crippen LogP contribution in [0.15, 0.2) is 76.6 Å². The standard InChI is InChI=1S/C31H29N3O5S2/c1-5-39-23-14-13-21(16-24(23)38-4)26-25(27(35)22-15-18(2)11-12-19(22)3)28(36)29(37)34(26)30-32-33-31(41-30)40-17-20-9-7-6-8-10-20/h6-16,26,35H,5,17H2,1-4H3/b27-25+. The van der Waals surface area contributed by atoms with Crippen molar-refractivity contribution in [1.29, 1.82) is 0 Å². The SMILES string of the molecule is CCOc1ccc(C2/C(=C(\O)c3cc(C)ccc3C)C(=O)C(=O)N2c2nnc(SCc3ccccc3)s2)cc1OC. The van der Waals surface area contributed by atoms with Crippen LogP contribution in [0.25, 0.3) is 5.76 Å². The molecular formula is C31H29N3O5S2. The van der Waals surface area contributed by atoms with Gasteiger partial charge in [-0.05, 0) is 55.7 Å². The third kappa shape index (κ3) is 5.71. The number of aryl methyl sites for hydroxylation is 2. The van der Waals surface area contributed by atoms with E-state index in [0.717, 1.165) is 16.7 Å². The van der Waals surface area contributed by atoms with Crippen molar-refractivity contribution in [3.63, 3.8) is 0 Å². The first-order chi connectivity index (χ1) is 19.8. The van der Waals surface area contributed by atoms with E-state index in [1.165, 1.54) is 35.1 Å². The number of benzene rings is 3. The minimum atomic E-state index is -0.959. The number of anilines is 1. The second-order valence-electron chi connectivity index (χ2n) is 9.46. The van der Waals surface area contributed by atoms with Crippen molar-refractivity contribution in [3.05, 3.63) is 100 Å². The number of aliphatic hydroxyl groups excluding tert-OH is 1. The van der Waals surface area contributed by atoms with Crippen LogP contribution in [-0.2, 0) is 15.3 Å². The van der Waals surface area contributed by atoms with Gasteiger partial charge < -0.3 is 14.6 Å².